The van der Waals surface area contributed by atoms with E-state index < -0.39 is 0 Å². The molecule has 0 spiro atoms. The molecule has 1 aliphatic heterocycles. The van der Waals surface area contributed by atoms with Gasteiger partial charge in [-0.2, -0.15) is 5.10 Å². The largest absolute Gasteiger partial charge is 0.312 e. The highest BCUT2D eigenvalue weighted by molar-refractivity contribution is 7.99. The molecule has 3 rings (SSSR count). The summed E-state index contributed by atoms with van der Waals surface area (Å²) in [6.45, 7) is 4.01. The number of nitrogens with zero attached hydrogens (tertiary/aromatic N) is 2. The summed E-state index contributed by atoms with van der Waals surface area (Å²) in [4.78, 5) is 1.45. The number of rotatable bonds is 4. The van der Waals surface area contributed by atoms with Gasteiger partial charge in [0.25, 0.3) is 0 Å². The lowest BCUT2D eigenvalue weighted by Gasteiger charge is -2.11. The van der Waals surface area contributed by atoms with Crippen LogP contribution in [0.2, 0.25) is 0 Å². The third-order valence-corrected chi connectivity index (χ3v) is 4.87. The summed E-state index contributed by atoms with van der Waals surface area (Å²) >= 11 is 1.97. The Balaban J connectivity index is 1.58. The number of nitrogens with one attached hydrogen (secondary N) is 1. The van der Waals surface area contributed by atoms with Gasteiger partial charge < -0.3 is 5.32 Å². The van der Waals surface area contributed by atoms with Gasteiger partial charge in [-0.1, -0.05) is 18.2 Å². The molecule has 1 N–H and O–H groups in total. The Hall–Kier alpha value is -1.26. The first kappa shape index (κ1) is 12.8. The van der Waals surface area contributed by atoms with Crippen molar-refractivity contribution in [3.63, 3.8) is 0 Å². The van der Waals surface area contributed by atoms with Crippen molar-refractivity contribution in [1.29, 1.82) is 0 Å². The molecule has 1 aliphatic rings. The Kier molecular flexibility index (Phi) is 3.62. The minimum atomic E-state index is 0.637. The standard InChI is InChI=1S/C15H19N3S/c1-11-12(9-18(2)17-11)7-16-8-13-10-19-15-6-4-3-5-14(13)15/h3-6,9,13,16H,7-8,10H2,1-2H3. The summed E-state index contributed by atoms with van der Waals surface area (Å²) in [6, 6.07) is 8.76. The SMILES string of the molecule is Cc1nn(C)cc1CNCC1CSc2ccccc21. The fourth-order valence-corrected chi connectivity index (χ4v) is 3.86. The Labute approximate surface area is 118 Å². The molecule has 1 unspecified atom stereocenters. The molecule has 100 valence electrons. The number of aryl methyl sites for hydroxylation is 2. The van der Waals surface area contributed by atoms with Crippen molar-refractivity contribution < 1.29 is 0 Å². The molecule has 3 nitrogen and oxygen atoms in total. The van der Waals surface area contributed by atoms with Crippen LogP contribution in [-0.2, 0) is 13.6 Å². The number of fused-ring (bicyclic) bond motifs is 1. The van der Waals surface area contributed by atoms with E-state index in [0.717, 1.165) is 18.8 Å². The van der Waals surface area contributed by atoms with Gasteiger partial charge in [-0.05, 0) is 18.6 Å². The topological polar surface area (TPSA) is 29.9 Å². The second kappa shape index (κ2) is 5.39. The quantitative estimate of drug-likeness (QED) is 0.929. The van der Waals surface area contributed by atoms with Crippen molar-refractivity contribution in [2.75, 3.05) is 12.3 Å². The van der Waals surface area contributed by atoms with E-state index in [-0.39, 0.29) is 0 Å². The molecule has 19 heavy (non-hydrogen) atoms. The molecular formula is C15H19N3S. The molecular weight excluding hydrogens is 254 g/mol. The molecule has 2 heterocycles. The molecule has 4 heteroatoms. The first-order valence-corrected chi connectivity index (χ1v) is 7.64. The van der Waals surface area contributed by atoms with Crippen LogP contribution < -0.4 is 5.32 Å². The van der Waals surface area contributed by atoms with E-state index in [4.69, 9.17) is 0 Å². The number of hydrogen-bond donors (Lipinski definition) is 1. The Morgan fingerprint density at radius 3 is 3.05 bits per heavy atom. The van der Waals surface area contributed by atoms with Gasteiger partial charge in [-0.25, -0.2) is 0 Å². The highest BCUT2D eigenvalue weighted by Crippen LogP contribution is 2.38. The lowest BCUT2D eigenvalue weighted by molar-refractivity contribution is 0.620. The maximum atomic E-state index is 4.37. The van der Waals surface area contributed by atoms with E-state index in [1.165, 1.54) is 21.8 Å². The minimum Gasteiger partial charge on any atom is -0.312 e. The van der Waals surface area contributed by atoms with Crippen LogP contribution in [0.25, 0.3) is 0 Å². The van der Waals surface area contributed by atoms with Crippen LogP contribution in [0.3, 0.4) is 0 Å². The molecule has 0 saturated carbocycles. The predicted molar refractivity (Wildman–Crippen MR) is 79.6 cm³/mol. The predicted octanol–water partition coefficient (Wildman–Crippen LogP) is 2.71. The summed E-state index contributed by atoms with van der Waals surface area (Å²) in [5, 5.41) is 7.94. The summed E-state index contributed by atoms with van der Waals surface area (Å²) < 4.78 is 1.88. The lowest BCUT2D eigenvalue weighted by Crippen LogP contribution is -2.21. The van der Waals surface area contributed by atoms with Crippen molar-refractivity contribution in [2.24, 2.45) is 7.05 Å². The molecule has 0 saturated heterocycles. The molecule has 0 radical (unpaired) electrons. The molecule has 0 fully saturated rings. The van der Waals surface area contributed by atoms with Gasteiger partial charge >= 0.3 is 0 Å². The van der Waals surface area contributed by atoms with Crippen LogP contribution in [0.4, 0.5) is 0 Å². The average molecular weight is 273 g/mol. The van der Waals surface area contributed by atoms with Crippen LogP contribution in [0, 0.1) is 6.92 Å². The number of aromatic nitrogens is 2. The van der Waals surface area contributed by atoms with Gasteiger partial charge in [0.2, 0.25) is 0 Å². The highest BCUT2D eigenvalue weighted by Gasteiger charge is 2.22. The smallest absolute Gasteiger partial charge is 0.0638 e. The van der Waals surface area contributed by atoms with Gasteiger partial charge in [0, 0.05) is 48.5 Å². The summed E-state index contributed by atoms with van der Waals surface area (Å²) in [7, 11) is 1.97. The van der Waals surface area contributed by atoms with Crippen molar-refractivity contribution in [2.45, 2.75) is 24.3 Å². The second-order valence-electron chi connectivity index (χ2n) is 5.09. The normalized spacial score (nSPS) is 17.7. The van der Waals surface area contributed by atoms with E-state index in [2.05, 4.69) is 47.8 Å². The first-order valence-electron chi connectivity index (χ1n) is 6.65. The zero-order valence-corrected chi connectivity index (χ0v) is 12.2. The molecule has 0 bridgehead atoms. The zero-order chi connectivity index (χ0) is 13.2. The minimum absolute atomic E-state index is 0.637. The van der Waals surface area contributed by atoms with Crippen LogP contribution in [-0.4, -0.2) is 22.1 Å². The molecule has 0 amide bonds. The second-order valence-corrected chi connectivity index (χ2v) is 6.15. The summed E-state index contributed by atoms with van der Waals surface area (Å²) in [5.74, 6) is 1.83. The maximum absolute atomic E-state index is 4.37. The third-order valence-electron chi connectivity index (χ3n) is 3.62. The zero-order valence-electron chi connectivity index (χ0n) is 11.4. The van der Waals surface area contributed by atoms with Crippen LogP contribution in [0.5, 0.6) is 0 Å². The third kappa shape index (κ3) is 2.69. The molecule has 1 aromatic heterocycles. The molecule has 2 aromatic rings. The monoisotopic (exact) mass is 273 g/mol. The molecule has 1 atom stereocenters. The van der Waals surface area contributed by atoms with Gasteiger partial charge in [0.15, 0.2) is 0 Å². The van der Waals surface area contributed by atoms with Crippen LogP contribution in [0.15, 0.2) is 35.4 Å². The fourth-order valence-electron chi connectivity index (χ4n) is 2.60. The Morgan fingerprint density at radius 2 is 2.26 bits per heavy atom. The average Bonchev–Trinajstić information content (AvgIpc) is 2.94. The van der Waals surface area contributed by atoms with Crippen LogP contribution >= 0.6 is 11.8 Å². The van der Waals surface area contributed by atoms with E-state index >= 15 is 0 Å². The first-order chi connectivity index (χ1) is 9.24. The van der Waals surface area contributed by atoms with Gasteiger partial charge in [-0.15, -0.1) is 11.8 Å². The number of thioether (sulfide) groups is 1. The number of benzene rings is 1. The summed E-state index contributed by atoms with van der Waals surface area (Å²) in [5.41, 5.74) is 3.92. The van der Waals surface area contributed by atoms with Gasteiger partial charge in [-0.3, -0.25) is 4.68 Å². The maximum Gasteiger partial charge on any atom is 0.0638 e. The van der Waals surface area contributed by atoms with E-state index in [0.29, 0.717) is 5.92 Å². The molecule has 1 aromatic carbocycles. The molecule has 0 aliphatic carbocycles. The summed E-state index contributed by atoms with van der Waals surface area (Å²) in [6.07, 6.45) is 2.10. The Morgan fingerprint density at radius 1 is 1.42 bits per heavy atom. The van der Waals surface area contributed by atoms with Crippen molar-refractivity contribution in [3.05, 3.63) is 47.3 Å². The van der Waals surface area contributed by atoms with Crippen LogP contribution in [0.1, 0.15) is 22.7 Å². The lowest BCUT2D eigenvalue weighted by atomic mass is 10.0. The van der Waals surface area contributed by atoms with Gasteiger partial charge in [0.05, 0.1) is 5.69 Å². The number of hydrogen-bond acceptors (Lipinski definition) is 3. The van der Waals surface area contributed by atoms with Gasteiger partial charge in [0.1, 0.15) is 0 Å². The van der Waals surface area contributed by atoms with Crippen molar-refractivity contribution in [1.82, 2.24) is 15.1 Å². The van der Waals surface area contributed by atoms with E-state index in [1.807, 2.05) is 23.5 Å². The van der Waals surface area contributed by atoms with Crippen molar-refractivity contribution in [3.8, 4) is 0 Å². The van der Waals surface area contributed by atoms with Crippen molar-refractivity contribution >= 4 is 11.8 Å². The van der Waals surface area contributed by atoms with E-state index in [1.54, 1.807) is 0 Å². The highest BCUT2D eigenvalue weighted by atomic mass is 32.2. The van der Waals surface area contributed by atoms with E-state index in [9.17, 15) is 0 Å². The Bertz CT molecular complexity index is 577. The fraction of sp³-hybridized carbons (Fsp3) is 0.400.